The molecule has 2 rings (SSSR count). The van der Waals surface area contributed by atoms with Crippen molar-refractivity contribution >= 4 is 11.6 Å². The molecule has 0 atom stereocenters. The molecule has 110 valence electrons. The van der Waals surface area contributed by atoms with Crippen molar-refractivity contribution in [3.63, 3.8) is 0 Å². The van der Waals surface area contributed by atoms with Gasteiger partial charge < -0.3 is 10.1 Å². The number of carbonyl (C=O) groups is 1. The first-order chi connectivity index (χ1) is 9.45. The molecular weight excluding hydrogens is 271 g/mol. The van der Waals surface area contributed by atoms with Gasteiger partial charge in [0, 0.05) is 25.3 Å². The molecule has 1 aromatic rings. The Hall–Kier alpha value is -1.56. The molecule has 20 heavy (non-hydrogen) atoms. The maximum Gasteiger partial charge on any atom is 0.416 e. The molecule has 1 fully saturated rings. The van der Waals surface area contributed by atoms with Gasteiger partial charge in [-0.15, -0.1) is 0 Å². The number of ether oxygens (including phenoxy) is 1. The Kier molecular flexibility index (Phi) is 4.65. The fourth-order valence-electron chi connectivity index (χ4n) is 2.17. The first-order valence-corrected chi connectivity index (χ1v) is 6.50. The molecule has 0 aromatic heterocycles. The van der Waals surface area contributed by atoms with Crippen molar-refractivity contribution in [2.75, 3.05) is 18.5 Å². The lowest BCUT2D eigenvalue weighted by Crippen LogP contribution is -2.22. The first kappa shape index (κ1) is 14.8. The van der Waals surface area contributed by atoms with E-state index >= 15 is 0 Å². The number of alkyl halides is 3. The fraction of sp³-hybridized carbons (Fsp3) is 0.500. The average Bonchev–Trinajstić information content (AvgIpc) is 2.39. The van der Waals surface area contributed by atoms with Gasteiger partial charge in [0.05, 0.1) is 5.56 Å². The standard InChI is InChI=1S/C14H16F3NO2/c15-14(16,17)11-1-3-12(4-2-11)18-13(19)9-10-5-7-20-8-6-10/h1-4,10H,5-9H2,(H,18,19). The number of rotatable bonds is 3. The van der Waals surface area contributed by atoms with E-state index in [-0.39, 0.29) is 11.8 Å². The second-order valence-corrected chi connectivity index (χ2v) is 4.88. The summed E-state index contributed by atoms with van der Waals surface area (Å²) in [5.41, 5.74) is -0.338. The lowest BCUT2D eigenvalue weighted by atomic mass is 9.96. The molecule has 1 N–H and O–H groups in total. The summed E-state index contributed by atoms with van der Waals surface area (Å²) in [5.74, 6) is 0.120. The van der Waals surface area contributed by atoms with Gasteiger partial charge in [-0.3, -0.25) is 4.79 Å². The van der Waals surface area contributed by atoms with E-state index in [0.717, 1.165) is 25.0 Å². The molecule has 1 heterocycles. The molecule has 6 heteroatoms. The predicted octanol–water partition coefficient (Wildman–Crippen LogP) is 3.46. The summed E-state index contributed by atoms with van der Waals surface area (Å²) in [6.45, 7) is 1.33. The van der Waals surface area contributed by atoms with E-state index < -0.39 is 11.7 Å². The zero-order valence-electron chi connectivity index (χ0n) is 10.9. The second-order valence-electron chi connectivity index (χ2n) is 4.88. The monoisotopic (exact) mass is 287 g/mol. The normalized spacial score (nSPS) is 16.9. The number of nitrogens with one attached hydrogen (secondary N) is 1. The second kappa shape index (κ2) is 6.26. The number of halogens is 3. The number of benzene rings is 1. The van der Waals surface area contributed by atoms with Crippen molar-refractivity contribution in [3.8, 4) is 0 Å². The van der Waals surface area contributed by atoms with Crippen LogP contribution in [0.2, 0.25) is 0 Å². The van der Waals surface area contributed by atoms with E-state index in [2.05, 4.69) is 5.32 Å². The van der Waals surface area contributed by atoms with E-state index in [1.807, 2.05) is 0 Å². The van der Waals surface area contributed by atoms with Crippen LogP contribution < -0.4 is 5.32 Å². The van der Waals surface area contributed by atoms with Gasteiger partial charge in [0.2, 0.25) is 5.91 Å². The highest BCUT2D eigenvalue weighted by Crippen LogP contribution is 2.30. The van der Waals surface area contributed by atoms with E-state index in [1.54, 1.807) is 0 Å². The third-order valence-corrected chi connectivity index (χ3v) is 3.31. The first-order valence-electron chi connectivity index (χ1n) is 6.50. The van der Waals surface area contributed by atoms with Crippen LogP contribution in [-0.4, -0.2) is 19.1 Å². The molecule has 1 aliphatic heterocycles. The van der Waals surface area contributed by atoms with Gasteiger partial charge in [0.25, 0.3) is 0 Å². The van der Waals surface area contributed by atoms with Gasteiger partial charge in [-0.1, -0.05) is 0 Å². The van der Waals surface area contributed by atoms with E-state index in [9.17, 15) is 18.0 Å². The molecule has 0 aliphatic carbocycles. The fourth-order valence-corrected chi connectivity index (χ4v) is 2.17. The summed E-state index contributed by atoms with van der Waals surface area (Å²) < 4.78 is 42.4. The molecule has 0 unspecified atom stereocenters. The van der Waals surface area contributed by atoms with Crippen LogP contribution in [0.5, 0.6) is 0 Å². The van der Waals surface area contributed by atoms with Crippen LogP contribution in [0.25, 0.3) is 0 Å². The van der Waals surface area contributed by atoms with Crippen molar-refractivity contribution in [1.82, 2.24) is 0 Å². The van der Waals surface area contributed by atoms with Crippen molar-refractivity contribution in [1.29, 1.82) is 0 Å². The minimum absolute atomic E-state index is 0.170. The number of hydrogen-bond donors (Lipinski definition) is 1. The van der Waals surface area contributed by atoms with Crippen molar-refractivity contribution in [2.24, 2.45) is 5.92 Å². The van der Waals surface area contributed by atoms with Crippen molar-refractivity contribution in [3.05, 3.63) is 29.8 Å². The highest BCUT2D eigenvalue weighted by molar-refractivity contribution is 5.90. The van der Waals surface area contributed by atoms with Gasteiger partial charge in [-0.05, 0) is 43.0 Å². The Morgan fingerprint density at radius 2 is 1.80 bits per heavy atom. The quantitative estimate of drug-likeness (QED) is 0.924. The highest BCUT2D eigenvalue weighted by atomic mass is 19.4. The van der Waals surface area contributed by atoms with Gasteiger partial charge in [-0.25, -0.2) is 0 Å². The Labute approximate surface area is 115 Å². The molecule has 0 saturated carbocycles. The summed E-state index contributed by atoms with van der Waals surface area (Å²) in [6.07, 6.45) is -2.28. The maximum atomic E-state index is 12.4. The average molecular weight is 287 g/mol. The molecular formula is C14H16F3NO2. The zero-order valence-corrected chi connectivity index (χ0v) is 10.9. The van der Waals surface area contributed by atoms with Crippen LogP contribution in [0.1, 0.15) is 24.8 Å². The van der Waals surface area contributed by atoms with Gasteiger partial charge in [-0.2, -0.15) is 13.2 Å². The van der Waals surface area contributed by atoms with Gasteiger partial charge in [0.15, 0.2) is 0 Å². The Morgan fingerprint density at radius 3 is 2.35 bits per heavy atom. The minimum Gasteiger partial charge on any atom is -0.381 e. The molecule has 0 spiro atoms. The molecule has 1 amide bonds. The zero-order chi connectivity index (χ0) is 14.6. The van der Waals surface area contributed by atoms with Crippen LogP contribution >= 0.6 is 0 Å². The maximum absolute atomic E-state index is 12.4. The summed E-state index contributed by atoms with van der Waals surface area (Å²) in [7, 11) is 0. The number of amides is 1. The summed E-state index contributed by atoms with van der Waals surface area (Å²) in [6, 6.07) is 4.46. The van der Waals surface area contributed by atoms with E-state index in [0.29, 0.717) is 25.3 Å². The van der Waals surface area contributed by atoms with Crippen LogP contribution in [-0.2, 0) is 15.7 Å². The highest BCUT2D eigenvalue weighted by Gasteiger charge is 2.30. The third kappa shape index (κ3) is 4.23. The lowest BCUT2D eigenvalue weighted by Gasteiger charge is -2.21. The molecule has 0 radical (unpaired) electrons. The summed E-state index contributed by atoms with van der Waals surface area (Å²) in [5, 5.41) is 2.62. The van der Waals surface area contributed by atoms with Crippen LogP contribution in [0.3, 0.4) is 0 Å². The van der Waals surface area contributed by atoms with Crippen LogP contribution in [0.4, 0.5) is 18.9 Å². The van der Waals surface area contributed by atoms with Crippen molar-refractivity contribution in [2.45, 2.75) is 25.4 Å². The van der Waals surface area contributed by atoms with E-state index in [1.165, 1.54) is 12.1 Å². The topological polar surface area (TPSA) is 38.3 Å². The SMILES string of the molecule is O=C(CC1CCOCC1)Nc1ccc(C(F)(F)F)cc1. The molecule has 0 bridgehead atoms. The Bertz CT molecular complexity index is 450. The van der Waals surface area contributed by atoms with Gasteiger partial charge >= 0.3 is 6.18 Å². The van der Waals surface area contributed by atoms with E-state index in [4.69, 9.17) is 4.74 Å². The smallest absolute Gasteiger partial charge is 0.381 e. The molecule has 3 nitrogen and oxygen atoms in total. The molecule has 1 aliphatic rings. The summed E-state index contributed by atoms with van der Waals surface area (Å²) in [4.78, 5) is 11.8. The number of carbonyl (C=O) groups excluding carboxylic acids is 1. The molecule has 1 saturated heterocycles. The third-order valence-electron chi connectivity index (χ3n) is 3.31. The van der Waals surface area contributed by atoms with Gasteiger partial charge in [0.1, 0.15) is 0 Å². The number of anilines is 1. The number of hydrogen-bond acceptors (Lipinski definition) is 2. The van der Waals surface area contributed by atoms with Crippen LogP contribution in [0.15, 0.2) is 24.3 Å². The van der Waals surface area contributed by atoms with Crippen molar-refractivity contribution < 1.29 is 22.7 Å². The Morgan fingerprint density at radius 1 is 1.20 bits per heavy atom. The minimum atomic E-state index is -4.36. The van der Waals surface area contributed by atoms with Crippen LogP contribution in [0, 0.1) is 5.92 Å². The predicted molar refractivity (Wildman–Crippen MR) is 68.2 cm³/mol. The largest absolute Gasteiger partial charge is 0.416 e. The Balaban J connectivity index is 1.87. The lowest BCUT2D eigenvalue weighted by molar-refractivity contribution is -0.137. The molecule has 1 aromatic carbocycles. The summed E-state index contributed by atoms with van der Waals surface area (Å²) >= 11 is 0.